The van der Waals surface area contributed by atoms with Gasteiger partial charge >= 0.3 is 0 Å². The summed E-state index contributed by atoms with van der Waals surface area (Å²) in [4.78, 5) is 0. The second-order valence-corrected chi connectivity index (χ2v) is 4.27. The van der Waals surface area contributed by atoms with Gasteiger partial charge in [-0.15, -0.1) is 0 Å². The maximum absolute atomic E-state index is 9.38. The van der Waals surface area contributed by atoms with Gasteiger partial charge in [-0.05, 0) is 13.0 Å². The van der Waals surface area contributed by atoms with Crippen molar-refractivity contribution in [1.82, 2.24) is 0 Å². The fourth-order valence-corrected chi connectivity index (χ4v) is 2.05. The molecule has 1 aliphatic rings. The van der Waals surface area contributed by atoms with Crippen LogP contribution in [0.5, 0.6) is 11.5 Å². The Morgan fingerprint density at radius 3 is 2.78 bits per heavy atom. The number of hydrogen-bond acceptors (Lipinski definition) is 4. The van der Waals surface area contributed by atoms with Crippen molar-refractivity contribution < 1.29 is 19.3 Å². The molecule has 0 amide bonds. The van der Waals surface area contributed by atoms with Gasteiger partial charge in [-0.25, -0.2) is 0 Å². The fourth-order valence-electron chi connectivity index (χ4n) is 2.05. The molecule has 4 heteroatoms. The predicted octanol–water partition coefficient (Wildman–Crippen LogP) is 2.14. The molecule has 1 saturated heterocycles. The van der Waals surface area contributed by atoms with Crippen molar-refractivity contribution >= 4 is 0 Å². The van der Waals surface area contributed by atoms with Crippen LogP contribution in [0.3, 0.4) is 0 Å². The molecule has 2 rings (SSSR count). The van der Waals surface area contributed by atoms with Crippen LogP contribution in [0.2, 0.25) is 0 Å². The summed E-state index contributed by atoms with van der Waals surface area (Å²) in [5, 5.41) is 9.38. The largest absolute Gasteiger partial charge is 0.490 e. The second-order valence-electron chi connectivity index (χ2n) is 4.27. The highest BCUT2D eigenvalue weighted by Crippen LogP contribution is 2.33. The van der Waals surface area contributed by atoms with Gasteiger partial charge in [-0.3, -0.25) is 0 Å². The molecule has 0 aliphatic carbocycles. The fraction of sp³-hybridized carbons (Fsp3) is 0.571. The lowest BCUT2D eigenvalue weighted by atomic mass is 10.1. The molecule has 1 aromatic carbocycles. The Balaban J connectivity index is 2.16. The lowest BCUT2D eigenvalue weighted by Gasteiger charge is -2.25. The van der Waals surface area contributed by atoms with Gasteiger partial charge in [0, 0.05) is 18.4 Å². The van der Waals surface area contributed by atoms with Crippen molar-refractivity contribution in [3.8, 4) is 11.5 Å². The third kappa shape index (κ3) is 3.15. The average Bonchev–Trinajstić information content (AvgIpc) is 2.42. The zero-order valence-electron chi connectivity index (χ0n) is 10.7. The molecule has 100 valence electrons. The monoisotopic (exact) mass is 252 g/mol. The van der Waals surface area contributed by atoms with Crippen LogP contribution in [0, 0.1) is 0 Å². The van der Waals surface area contributed by atoms with Crippen LogP contribution in [0.1, 0.15) is 25.3 Å². The van der Waals surface area contributed by atoms with Gasteiger partial charge < -0.3 is 19.3 Å². The van der Waals surface area contributed by atoms with Gasteiger partial charge in [-0.2, -0.15) is 0 Å². The van der Waals surface area contributed by atoms with Gasteiger partial charge in [-0.1, -0.05) is 12.1 Å². The van der Waals surface area contributed by atoms with E-state index in [9.17, 15) is 5.11 Å². The Morgan fingerprint density at radius 1 is 1.33 bits per heavy atom. The van der Waals surface area contributed by atoms with Gasteiger partial charge in [0.25, 0.3) is 0 Å². The lowest BCUT2D eigenvalue weighted by Crippen LogP contribution is -2.26. The summed E-state index contributed by atoms with van der Waals surface area (Å²) in [6.45, 7) is 3.94. The molecule has 1 fully saturated rings. The summed E-state index contributed by atoms with van der Waals surface area (Å²) in [7, 11) is 0. The first-order valence-electron chi connectivity index (χ1n) is 6.45. The number of aliphatic hydroxyl groups excluding tert-OH is 1. The van der Waals surface area contributed by atoms with E-state index >= 15 is 0 Å². The lowest BCUT2D eigenvalue weighted by molar-refractivity contribution is 0.0234. The Hall–Kier alpha value is -1.26. The minimum atomic E-state index is -0.0422. The summed E-state index contributed by atoms with van der Waals surface area (Å²) >= 11 is 0. The highest BCUT2D eigenvalue weighted by molar-refractivity contribution is 5.46. The molecule has 0 aromatic heterocycles. The second kappa shape index (κ2) is 6.61. The molecular formula is C14H20O4. The summed E-state index contributed by atoms with van der Waals surface area (Å²) in [5.41, 5.74) is 0.771. The Labute approximate surface area is 107 Å². The van der Waals surface area contributed by atoms with Crippen LogP contribution >= 0.6 is 0 Å². The van der Waals surface area contributed by atoms with Crippen molar-refractivity contribution in [2.45, 2.75) is 32.5 Å². The highest BCUT2D eigenvalue weighted by atomic mass is 16.5. The van der Waals surface area contributed by atoms with E-state index in [1.807, 2.05) is 25.1 Å². The van der Waals surface area contributed by atoms with Crippen LogP contribution < -0.4 is 9.47 Å². The van der Waals surface area contributed by atoms with Crippen molar-refractivity contribution in [1.29, 1.82) is 0 Å². The zero-order chi connectivity index (χ0) is 12.8. The molecule has 1 N–H and O–H groups in total. The predicted molar refractivity (Wildman–Crippen MR) is 68.0 cm³/mol. The molecule has 1 aliphatic heterocycles. The molecule has 0 unspecified atom stereocenters. The number of rotatable bonds is 5. The molecule has 1 aromatic rings. The topological polar surface area (TPSA) is 47.9 Å². The van der Waals surface area contributed by atoms with E-state index in [0.717, 1.165) is 31.6 Å². The summed E-state index contributed by atoms with van der Waals surface area (Å²) in [6.07, 6.45) is 1.90. The first-order chi connectivity index (χ1) is 8.85. The molecule has 0 spiro atoms. The Bertz CT molecular complexity index is 372. The van der Waals surface area contributed by atoms with Gasteiger partial charge in [0.05, 0.1) is 26.4 Å². The third-order valence-electron chi connectivity index (χ3n) is 2.98. The molecule has 18 heavy (non-hydrogen) atoms. The van der Waals surface area contributed by atoms with Crippen molar-refractivity contribution in [2.24, 2.45) is 0 Å². The van der Waals surface area contributed by atoms with E-state index in [1.165, 1.54) is 0 Å². The minimum Gasteiger partial charge on any atom is -0.490 e. The van der Waals surface area contributed by atoms with E-state index in [-0.39, 0.29) is 12.7 Å². The van der Waals surface area contributed by atoms with Crippen molar-refractivity contribution in [3.05, 3.63) is 23.8 Å². The first kappa shape index (κ1) is 13.2. The van der Waals surface area contributed by atoms with Crippen LogP contribution in [-0.4, -0.2) is 31.0 Å². The van der Waals surface area contributed by atoms with E-state index in [1.54, 1.807) is 0 Å². The molecule has 4 nitrogen and oxygen atoms in total. The van der Waals surface area contributed by atoms with Crippen LogP contribution in [0.25, 0.3) is 0 Å². The van der Waals surface area contributed by atoms with E-state index in [4.69, 9.17) is 14.2 Å². The number of aliphatic hydroxyl groups is 1. The average molecular weight is 252 g/mol. The van der Waals surface area contributed by atoms with Crippen molar-refractivity contribution in [2.75, 3.05) is 19.8 Å². The SMILES string of the molecule is CCOc1cccc(CO)c1OC1CCOCC1. The number of para-hydroxylation sites is 1. The smallest absolute Gasteiger partial charge is 0.167 e. The molecular weight excluding hydrogens is 232 g/mol. The molecule has 1 heterocycles. The molecule has 0 radical (unpaired) electrons. The molecule has 0 atom stereocenters. The van der Waals surface area contributed by atoms with Gasteiger partial charge in [0.2, 0.25) is 0 Å². The van der Waals surface area contributed by atoms with E-state index < -0.39 is 0 Å². The minimum absolute atomic E-state index is 0.0422. The Kier molecular flexibility index (Phi) is 4.84. The first-order valence-corrected chi connectivity index (χ1v) is 6.45. The van der Waals surface area contributed by atoms with Crippen LogP contribution in [0.4, 0.5) is 0 Å². The van der Waals surface area contributed by atoms with Crippen molar-refractivity contribution in [3.63, 3.8) is 0 Å². The van der Waals surface area contributed by atoms with Crippen LogP contribution in [-0.2, 0) is 11.3 Å². The van der Waals surface area contributed by atoms with E-state index in [2.05, 4.69) is 0 Å². The maximum atomic E-state index is 9.38. The Morgan fingerprint density at radius 2 is 2.11 bits per heavy atom. The highest BCUT2D eigenvalue weighted by Gasteiger charge is 2.19. The summed E-state index contributed by atoms with van der Waals surface area (Å²) in [6, 6.07) is 5.60. The maximum Gasteiger partial charge on any atom is 0.167 e. The van der Waals surface area contributed by atoms with Gasteiger partial charge in [0.15, 0.2) is 11.5 Å². The number of ether oxygens (including phenoxy) is 3. The standard InChI is InChI=1S/C14H20O4/c1-2-17-13-5-3-4-11(10-15)14(13)18-12-6-8-16-9-7-12/h3-5,12,15H,2,6-10H2,1H3. The zero-order valence-corrected chi connectivity index (χ0v) is 10.7. The van der Waals surface area contributed by atoms with Gasteiger partial charge in [0.1, 0.15) is 6.10 Å². The molecule has 0 bridgehead atoms. The normalized spacial score (nSPS) is 16.6. The van der Waals surface area contributed by atoms with E-state index in [0.29, 0.717) is 18.1 Å². The summed E-state index contributed by atoms with van der Waals surface area (Å²) in [5.74, 6) is 1.38. The summed E-state index contributed by atoms with van der Waals surface area (Å²) < 4.78 is 16.9. The third-order valence-corrected chi connectivity index (χ3v) is 2.98. The number of benzene rings is 1. The quantitative estimate of drug-likeness (QED) is 0.872. The molecule has 0 saturated carbocycles. The van der Waals surface area contributed by atoms with Crippen LogP contribution in [0.15, 0.2) is 18.2 Å². The number of hydrogen-bond donors (Lipinski definition) is 1.